The third-order valence-corrected chi connectivity index (χ3v) is 3.40. The Balaban J connectivity index is 2.17. The minimum Gasteiger partial charge on any atom is -0.320 e. The van der Waals surface area contributed by atoms with Crippen molar-refractivity contribution in [2.45, 2.75) is 6.04 Å². The van der Waals surface area contributed by atoms with Gasteiger partial charge in [-0.3, -0.25) is 0 Å². The quantitative estimate of drug-likeness (QED) is 0.731. The van der Waals surface area contributed by atoms with Crippen LogP contribution in [0.5, 0.6) is 0 Å². The van der Waals surface area contributed by atoms with Crippen LogP contribution in [0.2, 0.25) is 0 Å². The van der Waals surface area contributed by atoms with E-state index >= 15 is 0 Å². The average Bonchev–Trinajstić information content (AvgIpc) is 2.46. The number of fused-ring (bicyclic) bond motifs is 1. The van der Waals surface area contributed by atoms with Crippen molar-refractivity contribution in [2.75, 3.05) is 0 Å². The van der Waals surface area contributed by atoms with Crippen LogP contribution >= 0.6 is 0 Å². The Labute approximate surface area is 111 Å². The molecule has 1 nitrogen and oxygen atoms in total. The number of nitrogens with two attached hydrogens (primary N) is 1. The maximum atomic E-state index is 13.8. The van der Waals surface area contributed by atoms with Crippen molar-refractivity contribution >= 4 is 10.8 Å². The fraction of sp³-hybridized carbons (Fsp3) is 0.0588. The molecule has 0 bridgehead atoms. The molecule has 0 amide bonds. The van der Waals surface area contributed by atoms with E-state index in [1.807, 2.05) is 48.5 Å². The number of hydrogen-bond donors (Lipinski definition) is 1. The molecule has 0 radical (unpaired) electrons. The van der Waals surface area contributed by atoms with Gasteiger partial charge in [0, 0.05) is 5.56 Å². The van der Waals surface area contributed by atoms with Crippen molar-refractivity contribution in [3.63, 3.8) is 0 Å². The third kappa shape index (κ3) is 2.11. The van der Waals surface area contributed by atoms with Crippen molar-refractivity contribution in [3.8, 4) is 0 Å². The van der Waals surface area contributed by atoms with E-state index in [0.717, 1.165) is 16.3 Å². The lowest BCUT2D eigenvalue weighted by Crippen LogP contribution is -2.13. The first-order chi connectivity index (χ1) is 9.27. The first-order valence-electron chi connectivity index (χ1n) is 6.25. The normalized spacial score (nSPS) is 12.5. The van der Waals surface area contributed by atoms with Crippen LogP contribution in [0.1, 0.15) is 17.2 Å². The second-order valence-electron chi connectivity index (χ2n) is 4.57. The average molecular weight is 251 g/mol. The third-order valence-electron chi connectivity index (χ3n) is 3.40. The Hall–Kier alpha value is -2.19. The molecule has 2 N–H and O–H groups in total. The second kappa shape index (κ2) is 4.82. The number of halogens is 1. The summed E-state index contributed by atoms with van der Waals surface area (Å²) in [6.07, 6.45) is 0. The molecular formula is C17H14FN. The molecule has 94 valence electrons. The van der Waals surface area contributed by atoms with Gasteiger partial charge in [-0.1, -0.05) is 60.7 Å². The van der Waals surface area contributed by atoms with E-state index in [-0.39, 0.29) is 5.82 Å². The van der Waals surface area contributed by atoms with E-state index in [0.29, 0.717) is 5.56 Å². The molecule has 3 aromatic rings. The van der Waals surface area contributed by atoms with Crippen LogP contribution in [0.25, 0.3) is 10.8 Å². The molecule has 1 unspecified atom stereocenters. The Morgan fingerprint density at radius 1 is 0.737 bits per heavy atom. The molecule has 1 atom stereocenters. The van der Waals surface area contributed by atoms with Gasteiger partial charge in [0.15, 0.2) is 0 Å². The Morgan fingerprint density at radius 3 is 2.21 bits per heavy atom. The summed E-state index contributed by atoms with van der Waals surface area (Å²) in [7, 11) is 0. The van der Waals surface area contributed by atoms with Crippen LogP contribution < -0.4 is 5.73 Å². The summed E-state index contributed by atoms with van der Waals surface area (Å²) < 4.78 is 13.8. The van der Waals surface area contributed by atoms with Gasteiger partial charge in [-0.25, -0.2) is 4.39 Å². The van der Waals surface area contributed by atoms with Crippen LogP contribution in [-0.4, -0.2) is 0 Å². The minimum absolute atomic E-state index is 0.261. The highest BCUT2D eigenvalue weighted by atomic mass is 19.1. The SMILES string of the molecule is NC(c1ccccc1F)c1cccc2ccccc12. The van der Waals surface area contributed by atoms with Gasteiger partial charge in [0.1, 0.15) is 5.82 Å². The lowest BCUT2D eigenvalue weighted by atomic mass is 9.94. The largest absolute Gasteiger partial charge is 0.320 e. The maximum Gasteiger partial charge on any atom is 0.128 e. The van der Waals surface area contributed by atoms with Gasteiger partial charge in [-0.2, -0.15) is 0 Å². The number of benzene rings is 3. The van der Waals surface area contributed by atoms with Gasteiger partial charge in [0.2, 0.25) is 0 Å². The predicted octanol–water partition coefficient (Wildman–Crippen LogP) is 4.03. The van der Waals surface area contributed by atoms with Crippen LogP contribution in [0.15, 0.2) is 66.7 Å². The Bertz CT molecular complexity index is 716. The smallest absolute Gasteiger partial charge is 0.128 e. The van der Waals surface area contributed by atoms with Gasteiger partial charge in [0.25, 0.3) is 0 Å². The molecule has 0 heterocycles. The number of rotatable bonds is 2. The van der Waals surface area contributed by atoms with Crippen molar-refractivity contribution in [1.82, 2.24) is 0 Å². The topological polar surface area (TPSA) is 26.0 Å². The van der Waals surface area contributed by atoms with Crippen LogP contribution in [-0.2, 0) is 0 Å². The van der Waals surface area contributed by atoms with E-state index < -0.39 is 6.04 Å². The first kappa shape index (κ1) is 11.9. The summed E-state index contributed by atoms with van der Waals surface area (Å²) in [6, 6.07) is 20.2. The summed E-state index contributed by atoms with van der Waals surface area (Å²) in [5.41, 5.74) is 7.72. The molecule has 0 fully saturated rings. The highest BCUT2D eigenvalue weighted by Gasteiger charge is 2.14. The van der Waals surface area contributed by atoms with Gasteiger partial charge in [-0.15, -0.1) is 0 Å². The highest BCUT2D eigenvalue weighted by Crippen LogP contribution is 2.28. The maximum absolute atomic E-state index is 13.8. The molecule has 0 aliphatic carbocycles. The Kier molecular flexibility index (Phi) is 3.02. The molecule has 0 spiro atoms. The highest BCUT2D eigenvalue weighted by molar-refractivity contribution is 5.86. The summed E-state index contributed by atoms with van der Waals surface area (Å²) in [6.45, 7) is 0. The number of hydrogen-bond acceptors (Lipinski definition) is 1. The summed E-state index contributed by atoms with van der Waals surface area (Å²) in [4.78, 5) is 0. The molecule has 3 aromatic carbocycles. The van der Waals surface area contributed by atoms with Gasteiger partial charge >= 0.3 is 0 Å². The molecule has 0 saturated carbocycles. The zero-order valence-electron chi connectivity index (χ0n) is 10.4. The minimum atomic E-state index is -0.452. The van der Waals surface area contributed by atoms with Gasteiger partial charge < -0.3 is 5.73 Å². The second-order valence-corrected chi connectivity index (χ2v) is 4.57. The van der Waals surface area contributed by atoms with E-state index in [1.54, 1.807) is 12.1 Å². The Morgan fingerprint density at radius 2 is 1.37 bits per heavy atom. The van der Waals surface area contributed by atoms with Crippen LogP contribution in [0, 0.1) is 5.82 Å². The van der Waals surface area contributed by atoms with E-state index in [4.69, 9.17) is 5.73 Å². The standard InChI is InChI=1S/C17H14FN/c18-16-11-4-3-9-15(16)17(19)14-10-5-7-12-6-1-2-8-13(12)14/h1-11,17H,19H2. The first-order valence-corrected chi connectivity index (χ1v) is 6.25. The summed E-state index contributed by atoms with van der Waals surface area (Å²) in [5, 5.41) is 2.19. The van der Waals surface area contributed by atoms with Crippen molar-refractivity contribution < 1.29 is 4.39 Å². The lowest BCUT2D eigenvalue weighted by Gasteiger charge is -2.15. The molecule has 19 heavy (non-hydrogen) atoms. The molecular weight excluding hydrogens is 237 g/mol. The lowest BCUT2D eigenvalue weighted by molar-refractivity contribution is 0.600. The van der Waals surface area contributed by atoms with Crippen molar-refractivity contribution in [1.29, 1.82) is 0 Å². The zero-order chi connectivity index (χ0) is 13.2. The van der Waals surface area contributed by atoms with Crippen LogP contribution in [0.3, 0.4) is 0 Å². The monoisotopic (exact) mass is 251 g/mol. The summed E-state index contributed by atoms with van der Waals surface area (Å²) in [5.74, 6) is -0.261. The molecule has 0 saturated heterocycles. The molecule has 2 heteroatoms. The van der Waals surface area contributed by atoms with E-state index in [9.17, 15) is 4.39 Å². The fourth-order valence-electron chi connectivity index (χ4n) is 2.42. The summed E-state index contributed by atoms with van der Waals surface area (Å²) >= 11 is 0. The molecule has 0 aromatic heterocycles. The fourth-order valence-corrected chi connectivity index (χ4v) is 2.42. The van der Waals surface area contributed by atoms with Crippen molar-refractivity contribution in [3.05, 3.63) is 83.7 Å². The van der Waals surface area contributed by atoms with Crippen LogP contribution in [0.4, 0.5) is 4.39 Å². The molecule has 3 rings (SSSR count). The molecule has 0 aliphatic rings. The van der Waals surface area contributed by atoms with E-state index in [1.165, 1.54) is 6.07 Å². The van der Waals surface area contributed by atoms with E-state index in [2.05, 4.69) is 0 Å². The predicted molar refractivity (Wildman–Crippen MR) is 76.4 cm³/mol. The molecule has 0 aliphatic heterocycles. The zero-order valence-corrected chi connectivity index (χ0v) is 10.4. The van der Waals surface area contributed by atoms with Crippen molar-refractivity contribution in [2.24, 2.45) is 5.73 Å². The van der Waals surface area contributed by atoms with Gasteiger partial charge in [-0.05, 0) is 22.4 Å². The van der Waals surface area contributed by atoms with Gasteiger partial charge in [0.05, 0.1) is 6.04 Å².